The molecule has 2 aromatic rings. The highest BCUT2D eigenvalue weighted by atomic mass is 16.4. The summed E-state index contributed by atoms with van der Waals surface area (Å²) in [5, 5.41) is 12.4. The molecule has 27 heavy (non-hydrogen) atoms. The van der Waals surface area contributed by atoms with Crippen LogP contribution in [0.3, 0.4) is 0 Å². The lowest BCUT2D eigenvalue weighted by Crippen LogP contribution is -2.29. The quantitative estimate of drug-likeness (QED) is 0.869. The van der Waals surface area contributed by atoms with Gasteiger partial charge >= 0.3 is 5.97 Å². The van der Waals surface area contributed by atoms with E-state index in [-0.39, 0.29) is 11.5 Å². The zero-order chi connectivity index (χ0) is 19.4. The van der Waals surface area contributed by atoms with Crippen molar-refractivity contribution in [1.82, 2.24) is 4.90 Å². The molecule has 1 amide bonds. The number of aryl methyl sites for hydroxylation is 1. The molecule has 0 spiro atoms. The smallest absolute Gasteiger partial charge is 0.337 e. The third-order valence-corrected chi connectivity index (χ3v) is 4.88. The molecule has 0 unspecified atom stereocenters. The summed E-state index contributed by atoms with van der Waals surface area (Å²) in [6.45, 7) is 5.66. The van der Waals surface area contributed by atoms with Gasteiger partial charge in [-0.2, -0.15) is 0 Å². The van der Waals surface area contributed by atoms with Crippen molar-refractivity contribution in [2.75, 3.05) is 43.4 Å². The number of carboxylic acid groups (broad SMARTS) is 1. The Hall–Kier alpha value is -2.86. The Morgan fingerprint density at radius 2 is 1.74 bits per heavy atom. The maximum absolute atomic E-state index is 12.4. The average molecular weight is 367 g/mol. The molecule has 0 aromatic heterocycles. The Morgan fingerprint density at radius 1 is 1.00 bits per heavy atom. The van der Waals surface area contributed by atoms with Crippen LogP contribution in [-0.4, -0.2) is 55.1 Å². The topological polar surface area (TPSA) is 72.9 Å². The van der Waals surface area contributed by atoms with Gasteiger partial charge in [0.1, 0.15) is 0 Å². The van der Waals surface area contributed by atoms with E-state index in [1.807, 2.05) is 25.1 Å². The Morgan fingerprint density at radius 3 is 2.44 bits per heavy atom. The van der Waals surface area contributed by atoms with E-state index in [4.69, 9.17) is 0 Å². The molecule has 1 heterocycles. The van der Waals surface area contributed by atoms with Crippen molar-refractivity contribution < 1.29 is 14.7 Å². The summed E-state index contributed by atoms with van der Waals surface area (Å²) in [6, 6.07) is 12.4. The number of anilines is 2. The van der Waals surface area contributed by atoms with Crippen LogP contribution in [0.1, 0.15) is 32.7 Å². The van der Waals surface area contributed by atoms with E-state index in [0.717, 1.165) is 43.9 Å². The minimum absolute atomic E-state index is 0.102. The van der Waals surface area contributed by atoms with Gasteiger partial charge in [-0.3, -0.25) is 4.79 Å². The minimum Gasteiger partial charge on any atom is -0.478 e. The Balaban J connectivity index is 1.82. The molecule has 6 nitrogen and oxygen atoms in total. The van der Waals surface area contributed by atoms with Crippen molar-refractivity contribution >= 4 is 23.3 Å². The molecule has 0 aliphatic carbocycles. The number of benzene rings is 2. The number of carbonyl (C=O) groups excluding carboxylic acids is 1. The number of nitrogens with zero attached hydrogens (tertiary/aromatic N) is 2. The fourth-order valence-corrected chi connectivity index (χ4v) is 3.22. The van der Waals surface area contributed by atoms with Crippen LogP contribution in [0, 0.1) is 6.92 Å². The van der Waals surface area contributed by atoms with Crippen LogP contribution in [0.25, 0.3) is 0 Å². The zero-order valence-corrected chi connectivity index (χ0v) is 15.7. The van der Waals surface area contributed by atoms with Crippen LogP contribution in [0.2, 0.25) is 0 Å². The maximum atomic E-state index is 12.4. The Labute approximate surface area is 159 Å². The van der Waals surface area contributed by atoms with E-state index < -0.39 is 5.97 Å². The molecule has 0 radical (unpaired) electrons. The van der Waals surface area contributed by atoms with Crippen LogP contribution in [0.4, 0.5) is 11.4 Å². The van der Waals surface area contributed by atoms with Gasteiger partial charge in [0.05, 0.1) is 11.3 Å². The largest absolute Gasteiger partial charge is 0.478 e. The number of aromatic carboxylic acids is 1. The van der Waals surface area contributed by atoms with Gasteiger partial charge in [-0.15, -0.1) is 0 Å². The first kappa shape index (κ1) is 18.9. The molecule has 2 aromatic carbocycles. The van der Waals surface area contributed by atoms with E-state index in [9.17, 15) is 14.7 Å². The van der Waals surface area contributed by atoms with E-state index in [2.05, 4.69) is 22.2 Å². The van der Waals surface area contributed by atoms with Crippen molar-refractivity contribution in [2.24, 2.45) is 0 Å². The normalized spacial score (nSPS) is 15.3. The molecule has 3 rings (SSSR count). The highest BCUT2D eigenvalue weighted by molar-refractivity contribution is 6.08. The fraction of sp³-hybridized carbons (Fsp3) is 0.333. The summed E-state index contributed by atoms with van der Waals surface area (Å²) in [7, 11) is 2.09. The first-order chi connectivity index (χ1) is 12.9. The monoisotopic (exact) mass is 367 g/mol. The van der Waals surface area contributed by atoms with Gasteiger partial charge < -0.3 is 20.2 Å². The Kier molecular flexibility index (Phi) is 5.76. The second-order valence-electron chi connectivity index (χ2n) is 7.00. The lowest BCUT2D eigenvalue weighted by Gasteiger charge is -2.24. The summed E-state index contributed by atoms with van der Waals surface area (Å²) >= 11 is 0. The number of rotatable bonds is 4. The second-order valence-corrected chi connectivity index (χ2v) is 7.00. The SMILES string of the molecule is Cc1ccc(C(=O)Nc2ccc(N3CCCN(C)CC3)cc2C(=O)O)cc1. The number of carboxylic acids is 1. The van der Waals surface area contributed by atoms with Gasteiger partial charge in [-0.05, 0) is 57.3 Å². The molecule has 0 bridgehead atoms. The Bertz CT molecular complexity index is 833. The van der Waals surface area contributed by atoms with Crippen molar-refractivity contribution in [3.8, 4) is 0 Å². The van der Waals surface area contributed by atoms with Crippen molar-refractivity contribution in [3.05, 3.63) is 59.2 Å². The standard InChI is InChI=1S/C21H25N3O3/c1-15-4-6-16(7-5-15)20(25)22-19-9-8-17(14-18(19)21(26)27)24-11-3-10-23(2)12-13-24/h4-9,14H,3,10-13H2,1-2H3,(H,22,25)(H,26,27). The summed E-state index contributed by atoms with van der Waals surface area (Å²) in [5.74, 6) is -1.37. The number of carbonyl (C=O) groups is 2. The number of hydrogen-bond donors (Lipinski definition) is 2. The molecular formula is C21H25N3O3. The molecule has 142 valence electrons. The van der Waals surface area contributed by atoms with E-state index in [1.165, 1.54) is 0 Å². The summed E-state index contributed by atoms with van der Waals surface area (Å²) in [4.78, 5) is 28.7. The van der Waals surface area contributed by atoms with E-state index in [1.54, 1.807) is 24.3 Å². The molecule has 0 saturated carbocycles. The average Bonchev–Trinajstić information content (AvgIpc) is 2.87. The van der Waals surface area contributed by atoms with Crippen LogP contribution in [-0.2, 0) is 0 Å². The summed E-state index contributed by atoms with van der Waals surface area (Å²) in [5.41, 5.74) is 2.84. The van der Waals surface area contributed by atoms with Crippen LogP contribution in [0.5, 0.6) is 0 Å². The van der Waals surface area contributed by atoms with Gasteiger partial charge in [0, 0.05) is 30.9 Å². The lowest BCUT2D eigenvalue weighted by atomic mass is 10.1. The number of likely N-dealkylation sites (N-methyl/N-ethyl adjacent to an activating group) is 1. The van der Waals surface area contributed by atoms with Gasteiger partial charge in [0.25, 0.3) is 5.91 Å². The van der Waals surface area contributed by atoms with Crippen LogP contribution in [0.15, 0.2) is 42.5 Å². The fourth-order valence-electron chi connectivity index (χ4n) is 3.22. The summed E-state index contributed by atoms with van der Waals surface area (Å²) in [6.07, 6.45) is 1.03. The summed E-state index contributed by atoms with van der Waals surface area (Å²) < 4.78 is 0. The van der Waals surface area contributed by atoms with E-state index in [0.29, 0.717) is 11.3 Å². The molecule has 1 saturated heterocycles. The lowest BCUT2D eigenvalue weighted by molar-refractivity contribution is 0.0698. The highest BCUT2D eigenvalue weighted by Gasteiger charge is 2.18. The number of nitrogens with one attached hydrogen (secondary N) is 1. The van der Waals surface area contributed by atoms with Crippen LogP contribution >= 0.6 is 0 Å². The van der Waals surface area contributed by atoms with Gasteiger partial charge in [0.2, 0.25) is 0 Å². The third-order valence-electron chi connectivity index (χ3n) is 4.88. The molecule has 6 heteroatoms. The second kappa shape index (κ2) is 8.22. The van der Waals surface area contributed by atoms with Crippen LogP contribution < -0.4 is 10.2 Å². The first-order valence-electron chi connectivity index (χ1n) is 9.13. The third kappa shape index (κ3) is 4.65. The van der Waals surface area contributed by atoms with E-state index >= 15 is 0 Å². The van der Waals surface area contributed by atoms with Crippen molar-refractivity contribution in [1.29, 1.82) is 0 Å². The zero-order valence-electron chi connectivity index (χ0n) is 15.7. The molecular weight excluding hydrogens is 342 g/mol. The molecule has 2 N–H and O–H groups in total. The van der Waals surface area contributed by atoms with Gasteiger partial charge in [0.15, 0.2) is 0 Å². The number of amides is 1. The van der Waals surface area contributed by atoms with Crippen molar-refractivity contribution in [2.45, 2.75) is 13.3 Å². The predicted octanol–water partition coefficient (Wildman–Crippen LogP) is 3.09. The molecule has 1 fully saturated rings. The molecule has 1 aliphatic heterocycles. The maximum Gasteiger partial charge on any atom is 0.337 e. The first-order valence-corrected chi connectivity index (χ1v) is 9.13. The molecule has 1 aliphatic rings. The van der Waals surface area contributed by atoms with Gasteiger partial charge in [-0.1, -0.05) is 17.7 Å². The molecule has 0 atom stereocenters. The predicted molar refractivity (Wildman–Crippen MR) is 107 cm³/mol. The van der Waals surface area contributed by atoms with Gasteiger partial charge in [-0.25, -0.2) is 4.79 Å². The van der Waals surface area contributed by atoms with Crippen molar-refractivity contribution in [3.63, 3.8) is 0 Å². The highest BCUT2D eigenvalue weighted by Crippen LogP contribution is 2.25. The number of hydrogen-bond acceptors (Lipinski definition) is 4. The minimum atomic E-state index is -1.05.